The summed E-state index contributed by atoms with van der Waals surface area (Å²) in [7, 11) is 0. The molecule has 32 heavy (non-hydrogen) atoms. The molecule has 0 saturated carbocycles. The average molecular weight is 456 g/mol. The molecule has 1 aliphatic carbocycles. The molecule has 7 nitrogen and oxygen atoms in total. The third-order valence-corrected chi connectivity index (χ3v) is 5.78. The Labute approximate surface area is 188 Å². The van der Waals surface area contributed by atoms with E-state index in [9.17, 15) is 19.5 Å². The van der Waals surface area contributed by atoms with Crippen molar-refractivity contribution < 1.29 is 23.8 Å². The smallest absolute Gasteiger partial charge is 0.339 e. The van der Waals surface area contributed by atoms with E-state index in [0.29, 0.717) is 33.7 Å². The molecule has 0 bridgehead atoms. The van der Waals surface area contributed by atoms with Gasteiger partial charge in [0.05, 0.1) is 5.39 Å². The van der Waals surface area contributed by atoms with E-state index in [4.69, 9.17) is 20.8 Å². The number of hydrogen-bond donors (Lipinski definition) is 2. The van der Waals surface area contributed by atoms with Crippen LogP contribution in [0.3, 0.4) is 0 Å². The second-order valence-corrected chi connectivity index (χ2v) is 8.35. The molecule has 0 spiro atoms. The number of rotatable bonds is 7. The number of halogens is 1. The number of nitrogens with one attached hydrogen (secondary N) is 1. The molecule has 0 saturated heterocycles. The summed E-state index contributed by atoms with van der Waals surface area (Å²) in [5.41, 5.74) is 3.21. The van der Waals surface area contributed by atoms with E-state index in [-0.39, 0.29) is 18.7 Å². The van der Waals surface area contributed by atoms with Gasteiger partial charge >= 0.3 is 11.6 Å². The van der Waals surface area contributed by atoms with E-state index in [1.54, 1.807) is 36.4 Å². The Bertz CT molecular complexity index is 1250. The molecular weight excluding hydrogens is 434 g/mol. The Morgan fingerprint density at radius 1 is 1.19 bits per heavy atom. The first-order chi connectivity index (χ1) is 15.3. The van der Waals surface area contributed by atoms with Gasteiger partial charge in [0.2, 0.25) is 0 Å². The molecule has 0 unspecified atom stereocenters. The highest BCUT2D eigenvalue weighted by Gasteiger charge is 2.24. The predicted octanol–water partition coefficient (Wildman–Crippen LogP) is 3.43. The molecule has 8 heteroatoms. The van der Waals surface area contributed by atoms with Crippen LogP contribution in [0.15, 0.2) is 45.6 Å². The Hall–Kier alpha value is -3.32. The fourth-order valence-electron chi connectivity index (χ4n) is 4.05. The van der Waals surface area contributed by atoms with Crippen LogP contribution in [-0.2, 0) is 28.9 Å². The molecule has 1 heterocycles. The first-order valence-electron chi connectivity index (χ1n) is 10.3. The molecule has 4 rings (SSSR count). The summed E-state index contributed by atoms with van der Waals surface area (Å²) in [5.74, 6) is -1.26. The second-order valence-electron chi connectivity index (χ2n) is 7.91. The zero-order chi connectivity index (χ0) is 22.8. The number of ether oxygens (including phenoxy) is 1. The normalized spacial score (nSPS) is 13.6. The van der Waals surface area contributed by atoms with Gasteiger partial charge in [0.15, 0.2) is 6.61 Å². The van der Waals surface area contributed by atoms with Crippen molar-refractivity contribution in [3.05, 3.63) is 74.1 Å². The van der Waals surface area contributed by atoms with E-state index < -0.39 is 17.9 Å². The monoisotopic (exact) mass is 455 g/mol. The Morgan fingerprint density at radius 3 is 2.62 bits per heavy atom. The summed E-state index contributed by atoms with van der Waals surface area (Å²) in [6.45, 7) is 1.48. The van der Waals surface area contributed by atoms with E-state index in [1.807, 2.05) is 6.92 Å². The minimum Gasteiger partial charge on any atom is -0.483 e. The average Bonchev–Trinajstić information content (AvgIpc) is 3.23. The molecule has 2 aromatic carbocycles. The summed E-state index contributed by atoms with van der Waals surface area (Å²) in [5, 5.41) is 13.3. The Morgan fingerprint density at radius 2 is 1.91 bits per heavy atom. The lowest BCUT2D eigenvalue weighted by molar-refractivity contribution is -0.142. The third kappa shape index (κ3) is 4.62. The summed E-state index contributed by atoms with van der Waals surface area (Å²) < 4.78 is 11.3. The van der Waals surface area contributed by atoms with Crippen molar-refractivity contribution in [1.29, 1.82) is 0 Å². The molecule has 0 aliphatic heterocycles. The molecule has 0 fully saturated rings. The van der Waals surface area contributed by atoms with Crippen molar-refractivity contribution in [2.45, 2.75) is 38.6 Å². The number of benzene rings is 2. The van der Waals surface area contributed by atoms with Crippen LogP contribution in [0.5, 0.6) is 5.75 Å². The highest BCUT2D eigenvalue weighted by Crippen LogP contribution is 2.35. The number of aliphatic carboxylic acids is 1. The van der Waals surface area contributed by atoms with Crippen molar-refractivity contribution in [2.24, 2.45) is 0 Å². The molecule has 1 aliphatic rings. The van der Waals surface area contributed by atoms with Crippen LogP contribution >= 0.6 is 11.6 Å². The lowest BCUT2D eigenvalue weighted by Crippen LogP contribution is -2.44. The number of aryl methyl sites for hydroxylation is 2. The highest BCUT2D eigenvalue weighted by molar-refractivity contribution is 6.30. The fraction of sp³-hybridized carbons (Fsp3) is 0.292. The van der Waals surface area contributed by atoms with Gasteiger partial charge in [0.25, 0.3) is 5.91 Å². The van der Waals surface area contributed by atoms with Gasteiger partial charge in [-0.25, -0.2) is 9.59 Å². The van der Waals surface area contributed by atoms with Crippen LogP contribution in [-0.4, -0.2) is 29.6 Å². The largest absolute Gasteiger partial charge is 0.483 e. The molecule has 166 valence electrons. The molecule has 3 aromatic rings. The fourth-order valence-corrected chi connectivity index (χ4v) is 4.18. The zero-order valence-electron chi connectivity index (χ0n) is 17.4. The summed E-state index contributed by atoms with van der Waals surface area (Å²) >= 11 is 5.86. The van der Waals surface area contributed by atoms with E-state index in [1.165, 1.54) is 0 Å². The number of carbonyl (C=O) groups excluding carboxylic acids is 1. The number of hydrogen-bond acceptors (Lipinski definition) is 5. The molecule has 1 aromatic heterocycles. The number of carboxylic acid groups (broad SMARTS) is 1. The summed E-state index contributed by atoms with van der Waals surface area (Å²) in [6.07, 6.45) is 2.37. The van der Waals surface area contributed by atoms with Gasteiger partial charge in [-0.1, -0.05) is 23.7 Å². The topological polar surface area (TPSA) is 106 Å². The first kappa shape index (κ1) is 21.9. The molecule has 0 radical (unpaired) electrons. The SMILES string of the molecule is Cc1cc(OCC(=O)N[C@H](Cc2ccc(Cl)cc2)C(=O)O)c2c3c(c(=O)oc2c1)CCC3. The maximum atomic E-state index is 12.5. The van der Waals surface area contributed by atoms with E-state index >= 15 is 0 Å². The van der Waals surface area contributed by atoms with Gasteiger partial charge in [-0.2, -0.15) is 0 Å². The number of carboxylic acids is 1. The molecule has 2 N–H and O–H groups in total. The van der Waals surface area contributed by atoms with Crippen LogP contribution in [0, 0.1) is 6.92 Å². The quantitative estimate of drug-likeness (QED) is 0.529. The predicted molar refractivity (Wildman–Crippen MR) is 119 cm³/mol. The minimum atomic E-state index is -1.14. The van der Waals surface area contributed by atoms with Crippen molar-refractivity contribution in [3.63, 3.8) is 0 Å². The minimum absolute atomic E-state index is 0.115. The van der Waals surface area contributed by atoms with Crippen LogP contribution in [0.1, 0.15) is 28.7 Å². The standard InChI is InChI=1S/C24H22ClNO6/c1-13-9-19(22-16-3-2-4-17(16)24(30)32-20(22)10-13)31-12-21(27)26-18(23(28)29)11-14-5-7-15(25)8-6-14/h5-10,18H,2-4,11-12H2,1H3,(H,26,27)(H,28,29)/t18-/m1/s1. The maximum absolute atomic E-state index is 12.5. The lowest BCUT2D eigenvalue weighted by atomic mass is 10.0. The van der Waals surface area contributed by atoms with E-state index in [0.717, 1.165) is 29.5 Å². The Balaban J connectivity index is 1.51. The van der Waals surface area contributed by atoms with Crippen LogP contribution in [0.4, 0.5) is 0 Å². The summed E-state index contributed by atoms with van der Waals surface area (Å²) in [6, 6.07) is 9.22. The zero-order valence-corrected chi connectivity index (χ0v) is 18.2. The van der Waals surface area contributed by atoms with Crippen LogP contribution < -0.4 is 15.7 Å². The van der Waals surface area contributed by atoms with Gasteiger partial charge in [-0.15, -0.1) is 0 Å². The highest BCUT2D eigenvalue weighted by atomic mass is 35.5. The number of amides is 1. The first-order valence-corrected chi connectivity index (χ1v) is 10.7. The van der Waals surface area contributed by atoms with Crippen LogP contribution in [0.2, 0.25) is 5.02 Å². The van der Waals surface area contributed by atoms with Gasteiger partial charge in [-0.05, 0) is 67.1 Å². The Kier molecular flexibility index (Phi) is 6.19. The van der Waals surface area contributed by atoms with E-state index in [2.05, 4.69) is 5.32 Å². The van der Waals surface area contributed by atoms with Crippen LogP contribution in [0.25, 0.3) is 11.0 Å². The van der Waals surface area contributed by atoms with Crippen molar-refractivity contribution in [3.8, 4) is 5.75 Å². The van der Waals surface area contributed by atoms with Crippen molar-refractivity contribution in [2.75, 3.05) is 6.61 Å². The van der Waals surface area contributed by atoms with Gasteiger partial charge in [0.1, 0.15) is 17.4 Å². The van der Waals surface area contributed by atoms with Crippen molar-refractivity contribution >= 4 is 34.4 Å². The molecule has 1 amide bonds. The maximum Gasteiger partial charge on any atom is 0.339 e. The van der Waals surface area contributed by atoms with Crippen molar-refractivity contribution in [1.82, 2.24) is 5.32 Å². The van der Waals surface area contributed by atoms with Gasteiger partial charge in [-0.3, -0.25) is 4.79 Å². The summed E-state index contributed by atoms with van der Waals surface area (Å²) in [4.78, 5) is 36.4. The molecule has 1 atom stereocenters. The third-order valence-electron chi connectivity index (χ3n) is 5.52. The van der Waals surface area contributed by atoms with Gasteiger partial charge in [0, 0.05) is 17.0 Å². The second kappa shape index (κ2) is 9.04. The lowest BCUT2D eigenvalue weighted by Gasteiger charge is -2.16. The number of carbonyl (C=O) groups is 2. The van der Waals surface area contributed by atoms with Gasteiger partial charge < -0.3 is 19.6 Å². The molecular formula is C24H22ClNO6. The number of fused-ring (bicyclic) bond motifs is 3.